The summed E-state index contributed by atoms with van der Waals surface area (Å²) in [7, 11) is 0. The summed E-state index contributed by atoms with van der Waals surface area (Å²) in [5.41, 5.74) is 0.788. The predicted molar refractivity (Wildman–Crippen MR) is 102 cm³/mol. The number of esters is 1. The number of fused-ring (bicyclic) bond motifs is 5. The van der Waals surface area contributed by atoms with Crippen LogP contribution in [0.4, 0.5) is 0 Å². The van der Waals surface area contributed by atoms with Crippen molar-refractivity contribution in [2.75, 3.05) is 0 Å². The maximum Gasteiger partial charge on any atom is 0.302 e. The first-order valence-corrected chi connectivity index (χ1v) is 11.1. The van der Waals surface area contributed by atoms with Gasteiger partial charge >= 0.3 is 5.97 Å². The molecule has 0 saturated heterocycles. The molecule has 0 aromatic carbocycles. The number of aliphatic hydroxyl groups is 1. The minimum Gasteiger partial charge on any atom is -0.463 e. The van der Waals surface area contributed by atoms with Crippen LogP contribution in [0.1, 0.15) is 85.5 Å². The molecule has 4 aliphatic rings. The summed E-state index contributed by atoms with van der Waals surface area (Å²) in [5, 5.41) is 10.2. The third kappa shape index (κ3) is 2.75. The van der Waals surface area contributed by atoms with E-state index in [4.69, 9.17) is 4.74 Å². The van der Waals surface area contributed by atoms with Crippen LogP contribution in [0.2, 0.25) is 0 Å². The number of hydrogen-bond donors (Lipinski definition) is 1. The van der Waals surface area contributed by atoms with Gasteiger partial charge in [0.2, 0.25) is 0 Å². The van der Waals surface area contributed by atoms with Crippen molar-refractivity contribution in [3.05, 3.63) is 0 Å². The number of carbonyl (C=O) groups is 1. The lowest BCUT2D eigenvalue weighted by Gasteiger charge is -2.61. The van der Waals surface area contributed by atoms with Crippen molar-refractivity contribution < 1.29 is 14.6 Å². The van der Waals surface area contributed by atoms with Gasteiger partial charge in [-0.15, -0.1) is 0 Å². The van der Waals surface area contributed by atoms with E-state index in [1.54, 1.807) is 6.92 Å². The lowest BCUT2D eigenvalue weighted by Crippen LogP contribution is -2.54. The van der Waals surface area contributed by atoms with Crippen LogP contribution in [0.25, 0.3) is 0 Å². The van der Waals surface area contributed by atoms with E-state index in [9.17, 15) is 9.90 Å². The number of carbonyl (C=O) groups excluding carboxylic acids is 1. The zero-order valence-electron chi connectivity index (χ0n) is 17.2. The molecule has 4 rings (SSSR count). The van der Waals surface area contributed by atoms with Crippen molar-refractivity contribution in [1.29, 1.82) is 0 Å². The second-order valence-electron chi connectivity index (χ2n) is 10.6. The highest BCUT2D eigenvalue weighted by Crippen LogP contribution is 2.67. The smallest absolute Gasteiger partial charge is 0.302 e. The second kappa shape index (κ2) is 6.50. The van der Waals surface area contributed by atoms with Crippen molar-refractivity contribution in [3.63, 3.8) is 0 Å². The SMILES string of the molecule is CC(=O)O[C@@H](C)[C@@H]1CC[C@@H]2[C@H]3CC[C@H]4C[C@@H](O)CC[C@]4(C)[C@@H]3CC[C@@]21C. The van der Waals surface area contributed by atoms with Gasteiger partial charge in [0.1, 0.15) is 6.10 Å². The minimum atomic E-state index is -0.132. The third-order valence-electron chi connectivity index (χ3n) is 9.63. The largest absolute Gasteiger partial charge is 0.463 e. The molecule has 148 valence electrons. The van der Waals surface area contributed by atoms with E-state index in [-0.39, 0.29) is 18.2 Å². The number of aliphatic hydroxyl groups excluding tert-OH is 1. The van der Waals surface area contributed by atoms with Crippen LogP contribution in [0, 0.1) is 40.4 Å². The number of rotatable bonds is 2. The van der Waals surface area contributed by atoms with Crippen LogP contribution in [0.5, 0.6) is 0 Å². The highest BCUT2D eigenvalue weighted by molar-refractivity contribution is 5.66. The van der Waals surface area contributed by atoms with Crippen molar-refractivity contribution in [3.8, 4) is 0 Å². The van der Waals surface area contributed by atoms with Crippen LogP contribution >= 0.6 is 0 Å². The maximum atomic E-state index is 11.5. The lowest BCUT2D eigenvalue weighted by atomic mass is 9.44. The highest BCUT2D eigenvalue weighted by atomic mass is 16.5. The monoisotopic (exact) mass is 362 g/mol. The molecule has 0 unspecified atom stereocenters. The second-order valence-corrected chi connectivity index (χ2v) is 10.6. The topological polar surface area (TPSA) is 46.5 Å². The summed E-state index contributed by atoms with van der Waals surface area (Å²) < 4.78 is 5.64. The van der Waals surface area contributed by atoms with Gasteiger partial charge in [-0.3, -0.25) is 4.79 Å². The molecule has 0 radical (unpaired) electrons. The standard InChI is InChI=1S/C23H38O3/c1-14(26-15(2)24)19-7-8-20-18-6-5-16-13-17(25)9-11-22(16,3)21(18)10-12-23(19,20)4/h14,16-21,25H,5-13H2,1-4H3/t14-,16-,17-,18+,19-,20+,21+,22-,23+/m0/s1. The van der Waals surface area contributed by atoms with Crippen molar-refractivity contribution in [2.45, 2.75) is 97.7 Å². The molecule has 0 amide bonds. The Balaban J connectivity index is 1.55. The lowest BCUT2D eigenvalue weighted by molar-refractivity contribution is -0.156. The Morgan fingerprint density at radius 3 is 2.42 bits per heavy atom. The van der Waals surface area contributed by atoms with Gasteiger partial charge in [0.15, 0.2) is 0 Å². The fourth-order valence-corrected chi connectivity index (χ4v) is 8.39. The van der Waals surface area contributed by atoms with Gasteiger partial charge in [0.25, 0.3) is 0 Å². The molecule has 3 nitrogen and oxygen atoms in total. The fourth-order valence-electron chi connectivity index (χ4n) is 8.39. The zero-order chi connectivity index (χ0) is 18.7. The molecule has 1 N–H and O–H groups in total. The molecule has 4 aliphatic carbocycles. The molecule has 3 heteroatoms. The summed E-state index contributed by atoms with van der Waals surface area (Å²) in [6, 6.07) is 0. The van der Waals surface area contributed by atoms with Crippen LogP contribution in [0.15, 0.2) is 0 Å². The van der Waals surface area contributed by atoms with E-state index in [2.05, 4.69) is 20.8 Å². The van der Waals surface area contributed by atoms with Crippen molar-refractivity contribution >= 4 is 5.97 Å². The Morgan fingerprint density at radius 2 is 1.69 bits per heavy atom. The minimum absolute atomic E-state index is 0.0517. The van der Waals surface area contributed by atoms with E-state index in [0.29, 0.717) is 16.7 Å². The quantitative estimate of drug-likeness (QED) is 0.706. The van der Waals surface area contributed by atoms with Gasteiger partial charge in [-0.05, 0) is 99.2 Å². The molecule has 0 heterocycles. The summed E-state index contributed by atoms with van der Waals surface area (Å²) in [6.07, 6.45) is 11.1. The molecule has 4 saturated carbocycles. The summed E-state index contributed by atoms with van der Waals surface area (Å²) in [5.74, 6) is 3.61. The third-order valence-corrected chi connectivity index (χ3v) is 9.63. The van der Waals surface area contributed by atoms with Crippen LogP contribution < -0.4 is 0 Å². The fraction of sp³-hybridized carbons (Fsp3) is 0.957. The maximum absolute atomic E-state index is 11.5. The Kier molecular flexibility index (Phi) is 4.69. The van der Waals surface area contributed by atoms with Gasteiger partial charge in [0, 0.05) is 12.8 Å². The molecule has 0 aliphatic heterocycles. The number of hydrogen-bond acceptors (Lipinski definition) is 3. The van der Waals surface area contributed by atoms with Crippen LogP contribution in [-0.4, -0.2) is 23.3 Å². The van der Waals surface area contributed by atoms with E-state index >= 15 is 0 Å². The highest BCUT2D eigenvalue weighted by Gasteiger charge is 2.60. The van der Waals surface area contributed by atoms with E-state index < -0.39 is 0 Å². The van der Waals surface area contributed by atoms with Gasteiger partial charge < -0.3 is 9.84 Å². The van der Waals surface area contributed by atoms with Crippen molar-refractivity contribution in [2.24, 2.45) is 40.4 Å². The van der Waals surface area contributed by atoms with E-state index in [1.165, 1.54) is 44.9 Å². The Hall–Kier alpha value is -0.570. The van der Waals surface area contributed by atoms with E-state index in [0.717, 1.165) is 36.5 Å². The molecule has 4 fully saturated rings. The average Bonchev–Trinajstić information content (AvgIpc) is 2.92. The Bertz CT molecular complexity index is 560. The molecule has 0 spiro atoms. The van der Waals surface area contributed by atoms with Gasteiger partial charge in [-0.25, -0.2) is 0 Å². The molecule has 0 aromatic rings. The summed E-state index contributed by atoms with van der Waals surface area (Å²) in [6.45, 7) is 8.72. The van der Waals surface area contributed by atoms with Gasteiger partial charge in [0.05, 0.1) is 6.10 Å². The summed E-state index contributed by atoms with van der Waals surface area (Å²) in [4.78, 5) is 11.5. The molecule has 9 atom stereocenters. The molecule has 26 heavy (non-hydrogen) atoms. The molecule has 0 aromatic heterocycles. The van der Waals surface area contributed by atoms with Crippen LogP contribution in [0.3, 0.4) is 0 Å². The normalized spacial score (nSPS) is 51.7. The average molecular weight is 363 g/mol. The summed E-state index contributed by atoms with van der Waals surface area (Å²) >= 11 is 0. The van der Waals surface area contributed by atoms with Crippen LogP contribution in [-0.2, 0) is 9.53 Å². The molecule has 0 bridgehead atoms. The number of ether oxygens (including phenoxy) is 1. The first-order chi connectivity index (χ1) is 12.3. The van der Waals surface area contributed by atoms with E-state index in [1.807, 2.05) is 0 Å². The Morgan fingerprint density at radius 1 is 1.00 bits per heavy atom. The first-order valence-electron chi connectivity index (χ1n) is 11.1. The molecular formula is C23H38O3. The Labute approximate surface area is 159 Å². The van der Waals surface area contributed by atoms with Crippen molar-refractivity contribution in [1.82, 2.24) is 0 Å². The predicted octanol–water partition coefficient (Wildman–Crippen LogP) is 4.96. The van der Waals surface area contributed by atoms with Gasteiger partial charge in [-0.1, -0.05) is 13.8 Å². The van der Waals surface area contributed by atoms with Gasteiger partial charge in [-0.2, -0.15) is 0 Å². The molecular weight excluding hydrogens is 324 g/mol. The zero-order valence-corrected chi connectivity index (χ0v) is 17.2. The first kappa shape index (κ1) is 18.8.